The van der Waals surface area contributed by atoms with Crippen molar-refractivity contribution in [3.8, 4) is 11.1 Å². The summed E-state index contributed by atoms with van der Waals surface area (Å²) in [7, 11) is 0. The third-order valence-electron chi connectivity index (χ3n) is 5.64. The maximum Gasteiger partial charge on any atom is 0.275 e. The van der Waals surface area contributed by atoms with E-state index in [9.17, 15) is 13.6 Å². The van der Waals surface area contributed by atoms with E-state index in [1.807, 2.05) is 30.3 Å². The zero-order valence-electron chi connectivity index (χ0n) is 17.9. The van der Waals surface area contributed by atoms with Crippen molar-refractivity contribution in [2.24, 2.45) is 5.73 Å². The van der Waals surface area contributed by atoms with Crippen molar-refractivity contribution in [3.05, 3.63) is 122 Å². The van der Waals surface area contributed by atoms with Gasteiger partial charge in [0, 0.05) is 28.6 Å². The highest BCUT2D eigenvalue weighted by Gasteiger charge is 2.21. The van der Waals surface area contributed by atoms with Gasteiger partial charge in [-0.25, -0.2) is 13.5 Å². The quantitative estimate of drug-likeness (QED) is 0.412. The molecule has 0 spiro atoms. The third kappa shape index (κ3) is 4.72. The summed E-state index contributed by atoms with van der Waals surface area (Å²) in [4.78, 5) is 13.5. The van der Waals surface area contributed by atoms with Gasteiger partial charge in [0.2, 0.25) is 0 Å². The lowest BCUT2D eigenvalue weighted by molar-refractivity contribution is 0.494. The molecule has 4 aromatic rings. The van der Waals surface area contributed by atoms with Crippen LogP contribution in [0, 0.1) is 18.6 Å². The zero-order chi connectivity index (χ0) is 23.5. The topological polar surface area (TPSA) is 60.9 Å². The SMILES string of the molecule is Cc1c(Cc2c(F)cccc2F)nn(CC(N)c2ccccc2)c(=O)c1-c1ccccc1Cl. The molecule has 0 aliphatic heterocycles. The molecule has 33 heavy (non-hydrogen) atoms. The highest BCUT2D eigenvalue weighted by atomic mass is 35.5. The van der Waals surface area contributed by atoms with Gasteiger partial charge in [0.1, 0.15) is 11.6 Å². The van der Waals surface area contributed by atoms with Crippen LogP contribution in [0.1, 0.15) is 28.4 Å². The molecule has 2 N–H and O–H groups in total. The molecule has 1 heterocycles. The molecule has 0 amide bonds. The Morgan fingerprint density at radius 2 is 1.61 bits per heavy atom. The van der Waals surface area contributed by atoms with E-state index >= 15 is 0 Å². The Hall–Kier alpha value is -3.35. The molecular formula is C26H22ClF2N3O. The van der Waals surface area contributed by atoms with E-state index < -0.39 is 17.7 Å². The van der Waals surface area contributed by atoms with E-state index in [1.165, 1.54) is 22.9 Å². The Kier molecular flexibility index (Phi) is 6.67. The minimum atomic E-state index is -0.672. The first-order valence-electron chi connectivity index (χ1n) is 10.5. The van der Waals surface area contributed by atoms with Crippen LogP contribution in [0.5, 0.6) is 0 Å². The van der Waals surface area contributed by atoms with Crippen molar-refractivity contribution in [1.29, 1.82) is 0 Å². The maximum absolute atomic E-state index is 14.4. The molecule has 0 bridgehead atoms. The fourth-order valence-corrected chi connectivity index (χ4v) is 4.06. The van der Waals surface area contributed by atoms with Crippen molar-refractivity contribution in [2.45, 2.75) is 25.9 Å². The van der Waals surface area contributed by atoms with Crippen LogP contribution in [0.2, 0.25) is 5.02 Å². The molecule has 0 saturated heterocycles. The van der Waals surface area contributed by atoms with E-state index in [0.29, 0.717) is 27.4 Å². The van der Waals surface area contributed by atoms with E-state index in [2.05, 4.69) is 5.10 Å². The van der Waals surface area contributed by atoms with Crippen LogP contribution >= 0.6 is 11.6 Å². The highest BCUT2D eigenvalue weighted by molar-refractivity contribution is 6.33. The Morgan fingerprint density at radius 1 is 0.970 bits per heavy atom. The predicted molar refractivity (Wildman–Crippen MR) is 126 cm³/mol. The fraction of sp³-hybridized carbons (Fsp3) is 0.154. The van der Waals surface area contributed by atoms with Gasteiger partial charge in [-0.1, -0.05) is 66.2 Å². The van der Waals surface area contributed by atoms with Gasteiger partial charge in [0.25, 0.3) is 5.56 Å². The first-order chi connectivity index (χ1) is 15.9. The highest BCUT2D eigenvalue weighted by Crippen LogP contribution is 2.30. The summed E-state index contributed by atoms with van der Waals surface area (Å²) in [5.41, 5.74) is 8.46. The molecule has 0 aliphatic rings. The number of aromatic nitrogens is 2. The molecule has 1 atom stereocenters. The number of nitrogens with zero attached hydrogens (tertiary/aromatic N) is 2. The van der Waals surface area contributed by atoms with Gasteiger partial charge in [-0.2, -0.15) is 5.10 Å². The lowest BCUT2D eigenvalue weighted by Gasteiger charge is -2.18. The van der Waals surface area contributed by atoms with E-state index in [0.717, 1.165) is 5.56 Å². The normalized spacial score (nSPS) is 12.0. The number of nitrogens with two attached hydrogens (primary N) is 1. The lowest BCUT2D eigenvalue weighted by atomic mass is 9.97. The average Bonchev–Trinajstić information content (AvgIpc) is 2.81. The number of rotatable bonds is 6. The lowest BCUT2D eigenvalue weighted by Crippen LogP contribution is -2.32. The summed E-state index contributed by atoms with van der Waals surface area (Å²) in [6, 6.07) is 19.5. The van der Waals surface area contributed by atoms with Crippen LogP contribution in [0.3, 0.4) is 0 Å². The molecule has 0 saturated carbocycles. The molecule has 7 heteroatoms. The van der Waals surface area contributed by atoms with E-state index in [4.69, 9.17) is 17.3 Å². The summed E-state index contributed by atoms with van der Waals surface area (Å²) in [6.07, 6.45) is -0.122. The molecule has 1 unspecified atom stereocenters. The molecule has 168 valence electrons. The van der Waals surface area contributed by atoms with Gasteiger partial charge in [-0.05, 0) is 36.2 Å². The van der Waals surface area contributed by atoms with Gasteiger partial charge in [-0.3, -0.25) is 4.79 Å². The number of hydrogen-bond donors (Lipinski definition) is 1. The van der Waals surface area contributed by atoms with Crippen LogP contribution < -0.4 is 11.3 Å². The zero-order valence-corrected chi connectivity index (χ0v) is 18.7. The average molecular weight is 466 g/mol. The van der Waals surface area contributed by atoms with Crippen LogP contribution in [0.25, 0.3) is 11.1 Å². The summed E-state index contributed by atoms with van der Waals surface area (Å²) >= 11 is 6.41. The van der Waals surface area contributed by atoms with Gasteiger partial charge in [-0.15, -0.1) is 0 Å². The Labute approximate surface area is 195 Å². The van der Waals surface area contributed by atoms with Crippen molar-refractivity contribution < 1.29 is 8.78 Å². The minimum absolute atomic E-state index is 0.0906. The molecule has 3 aromatic carbocycles. The standard InChI is InChI=1S/C26H22ClF2N3O/c1-16-24(14-19-21(28)12-7-13-22(19)29)31-32(15-23(30)17-8-3-2-4-9-17)26(33)25(16)18-10-5-6-11-20(18)27/h2-13,23H,14-15,30H2,1H3. The molecular weight excluding hydrogens is 444 g/mol. The summed E-state index contributed by atoms with van der Waals surface area (Å²) in [5, 5.41) is 4.87. The second-order valence-corrected chi connectivity index (χ2v) is 8.22. The molecule has 4 rings (SSSR count). The van der Waals surface area contributed by atoms with Gasteiger partial charge < -0.3 is 5.73 Å². The molecule has 1 aromatic heterocycles. The van der Waals surface area contributed by atoms with Crippen LogP contribution in [-0.2, 0) is 13.0 Å². The Balaban J connectivity index is 1.87. The predicted octanol–water partition coefficient (Wildman–Crippen LogP) is 5.44. The summed E-state index contributed by atoms with van der Waals surface area (Å²) in [6.45, 7) is 1.80. The van der Waals surface area contributed by atoms with Gasteiger partial charge in [0.15, 0.2) is 0 Å². The monoisotopic (exact) mass is 465 g/mol. The molecule has 0 radical (unpaired) electrons. The second kappa shape index (κ2) is 9.65. The number of benzene rings is 3. The van der Waals surface area contributed by atoms with E-state index in [-0.39, 0.29) is 24.1 Å². The molecule has 0 fully saturated rings. The summed E-state index contributed by atoms with van der Waals surface area (Å²) < 4.78 is 30.0. The summed E-state index contributed by atoms with van der Waals surface area (Å²) in [5.74, 6) is -1.34. The van der Waals surface area contributed by atoms with Crippen molar-refractivity contribution >= 4 is 11.6 Å². The van der Waals surface area contributed by atoms with E-state index in [1.54, 1.807) is 31.2 Å². The smallest absolute Gasteiger partial charge is 0.275 e. The third-order valence-corrected chi connectivity index (χ3v) is 5.97. The minimum Gasteiger partial charge on any atom is -0.322 e. The number of halogens is 3. The second-order valence-electron chi connectivity index (χ2n) is 7.81. The fourth-order valence-electron chi connectivity index (χ4n) is 3.83. The van der Waals surface area contributed by atoms with Crippen LogP contribution in [-0.4, -0.2) is 9.78 Å². The molecule has 4 nitrogen and oxygen atoms in total. The molecule has 0 aliphatic carbocycles. The Morgan fingerprint density at radius 3 is 2.27 bits per heavy atom. The first kappa shape index (κ1) is 22.8. The van der Waals surface area contributed by atoms with Crippen LogP contribution in [0.15, 0.2) is 77.6 Å². The largest absolute Gasteiger partial charge is 0.322 e. The maximum atomic E-state index is 14.4. The van der Waals surface area contributed by atoms with Gasteiger partial charge >= 0.3 is 0 Å². The Bertz CT molecular complexity index is 1340. The van der Waals surface area contributed by atoms with Crippen molar-refractivity contribution in [2.75, 3.05) is 0 Å². The van der Waals surface area contributed by atoms with Crippen LogP contribution in [0.4, 0.5) is 8.78 Å². The van der Waals surface area contributed by atoms with Crippen molar-refractivity contribution in [1.82, 2.24) is 9.78 Å². The van der Waals surface area contributed by atoms with Gasteiger partial charge in [0.05, 0.1) is 17.8 Å². The van der Waals surface area contributed by atoms with Crippen molar-refractivity contribution in [3.63, 3.8) is 0 Å². The number of hydrogen-bond acceptors (Lipinski definition) is 3. The first-order valence-corrected chi connectivity index (χ1v) is 10.8.